The van der Waals surface area contributed by atoms with Crippen LogP contribution in [0.3, 0.4) is 0 Å². The minimum Gasteiger partial charge on any atom is -0.383 e. The molecule has 0 saturated heterocycles. The summed E-state index contributed by atoms with van der Waals surface area (Å²) in [5, 5.41) is 9.89. The van der Waals surface area contributed by atoms with Gasteiger partial charge in [0.2, 0.25) is 5.95 Å². The summed E-state index contributed by atoms with van der Waals surface area (Å²) in [5.74, 6) is 0.590. The van der Waals surface area contributed by atoms with Crippen molar-refractivity contribution in [3.63, 3.8) is 0 Å². The zero-order valence-corrected chi connectivity index (χ0v) is 19.1. The van der Waals surface area contributed by atoms with Gasteiger partial charge in [0.25, 0.3) is 5.91 Å². The van der Waals surface area contributed by atoms with Gasteiger partial charge in [-0.15, -0.1) is 11.6 Å². The summed E-state index contributed by atoms with van der Waals surface area (Å²) in [6, 6.07) is 8.05. The predicted octanol–water partition coefficient (Wildman–Crippen LogP) is 3.65. The maximum Gasteiger partial charge on any atom is 0.252 e. The van der Waals surface area contributed by atoms with Crippen LogP contribution >= 0.6 is 11.6 Å². The molecule has 1 amide bonds. The first-order valence-electron chi connectivity index (χ1n) is 10.8. The van der Waals surface area contributed by atoms with E-state index in [0.717, 1.165) is 54.6 Å². The summed E-state index contributed by atoms with van der Waals surface area (Å²) in [7, 11) is 1.69. The second-order valence-electron chi connectivity index (χ2n) is 8.91. The molecule has 2 heterocycles. The fraction of sp³-hybridized carbons (Fsp3) is 0.522. The third-order valence-electron chi connectivity index (χ3n) is 6.17. The van der Waals surface area contributed by atoms with E-state index in [-0.39, 0.29) is 22.5 Å². The summed E-state index contributed by atoms with van der Waals surface area (Å²) in [6.07, 6.45) is 5.40. The van der Waals surface area contributed by atoms with Crippen LogP contribution in [0.25, 0.3) is 11.3 Å². The number of fused-ring (bicyclic) bond motifs is 1. The largest absolute Gasteiger partial charge is 0.383 e. The highest BCUT2D eigenvalue weighted by Crippen LogP contribution is 2.35. The molecule has 1 aliphatic heterocycles. The Labute approximate surface area is 188 Å². The third-order valence-corrected chi connectivity index (χ3v) is 6.69. The van der Waals surface area contributed by atoms with Crippen molar-refractivity contribution in [3.8, 4) is 11.3 Å². The number of ether oxygens (including phenoxy) is 1. The van der Waals surface area contributed by atoms with Crippen molar-refractivity contribution in [2.24, 2.45) is 0 Å². The predicted molar refractivity (Wildman–Crippen MR) is 122 cm³/mol. The van der Waals surface area contributed by atoms with E-state index in [1.54, 1.807) is 13.3 Å². The molecule has 31 heavy (non-hydrogen) atoms. The van der Waals surface area contributed by atoms with E-state index in [1.807, 2.05) is 38.1 Å². The number of carbonyl (C=O) groups is 1. The number of benzene rings is 1. The lowest BCUT2D eigenvalue weighted by molar-refractivity contribution is 0.0940. The lowest BCUT2D eigenvalue weighted by atomic mass is 9.90. The van der Waals surface area contributed by atoms with Crippen LogP contribution in [0.4, 0.5) is 5.95 Å². The minimum absolute atomic E-state index is 0.0269. The van der Waals surface area contributed by atoms with Gasteiger partial charge in [0.1, 0.15) is 0 Å². The number of hydrogen-bond donors (Lipinski definition) is 3. The summed E-state index contributed by atoms with van der Waals surface area (Å²) in [4.78, 5) is 20.9. The van der Waals surface area contributed by atoms with Crippen LogP contribution in [0.2, 0.25) is 0 Å². The number of methoxy groups -OCH3 is 1. The first-order chi connectivity index (χ1) is 14.8. The average Bonchev–Trinajstić information content (AvgIpc) is 2.98. The van der Waals surface area contributed by atoms with Gasteiger partial charge < -0.3 is 15.4 Å². The van der Waals surface area contributed by atoms with E-state index in [4.69, 9.17) is 21.3 Å². The van der Waals surface area contributed by atoms with Gasteiger partial charge in [0, 0.05) is 37.0 Å². The van der Waals surface area contributed by atoms with Gasteiger partial charge in [-0.05, 0) is 63.3 Å². The highest BCUT2D eigenvalue weighted by atomic mass is 35.5. The maximum absolute atomic E-state index is 12.2. The van der Waals surface area contributed by atoms with Crippen molar-refractivity contribution >= 4 is 23.5 Å². The summed E-state index contributed by atoms with van der Waals surface area (Å²) in [6.45, 7) is 5.43. The second kappa shape index (κ2) is 8.73. The molecule has 2 aliphatic rings. The Kier molecular flexibility index (Phi) is 6.19. The van der Waals surface area contributed by atoms with E-state index < -0.39 is 0 Å². The number of amides is 1. The molecule has 1 saturated carbocycles. The average molecular weight is 444 g/mol. The van der Waals surface area contributed by atoms with Crippen molar-refractivity contribution in [2.45, 2.75) is 56.1 Å². The van der Waals surface area contributed by atoms with E-state index in [9.17, 15) is 4.79 Å². The zero-order valence-electron chi connectivity index (χ0n) is 18.3. The maximum atomic E-state index is 12.2. The molecule has 1 aliphatic carbocycles. The first-order valence-corrected chi connectivity index (χ1v) is 11.2. The molecular weight excluding hydrogens is 414 g/mol. The van der Waals surface area contributed by atoms with Crippen LogP contribution in [0, 0.1) is 0 Å². The molecule has 0 bridgehead atoms. The van der Waals surface area contributed by atoms with Gasteiger partial charge in [0.15, 0.2) is 0 Å². The van der Waals surface area contributed by atoms with Crippen LogP contribution in [0.5, 0.6) is 0 Å². The van der Waals surface area contributed by atoms with Crippen LogP contribution in [0.15, 0.2) is 30.5 Å². The number of nitrogens with zero attached hydrogens (tertiary/aromatic N) is 2. The molecule has 166 valence electrons. The molecule has 7 nitrogen and oxygen atoms in total. The van der Waals surface area contributed by atoms with Crippen molar-refractivity contribution in [3.05, 3.63) is 41.6 Å². The SMILES string of the molecule is COCCNC1(Cl)CCC(Nc2nccc(-c3ccc4c(c3)C(C)(C)NC4=O)n2)CC1. The van der Waals surface area contributed by atoms with Gasteiger partial charge in [-0.25, -0.2) is 9.97 Å². The first kappa shape index (κ1) is 22.0. The van der Waals surface area contributed by atoms with Crippen LogP contribution in [-0.4, -0.2) is 47.2 Å². The number of rotatable bonds is 7. The molecular formula is C23H30ClN5O2. The van der Waals surface area contributed by atoms with Crippen molar-refractivity contribution in [1.29, 1.82) is 0 Å². The topological polar surface area (TPSA) is 88.2 Å². The zero-order chi connectivity index (χ0) is 22.1. The summed E-state index contributed by atoms with van der Waals surface area (Å²) < 4.78 is 5.10. The molecule has 4 rings (SSSR count). The van der Waals surface area contributed by atoms with E-state index in [2.05, 4.69) is 20.9 Å². The molecule has 0 unspecified atom stereocenters. The number of halogens is 1. The molecule has 0 spiro atoms. The fourth-order valence-electron chi connectivity index (χ4n) is 4.38. The van der Waals surface area contributed by atoms with E-state index in [0.29, 0.717) is 12.6 Å². The molecule has 1 aromatic carbocycles. The number of anilines is 1. The van der Waals surface area contributed by atoms with Gasteiger partial charge in [-0.3, -0.25) is 10.1 Å². The van der Waals surface area contributed by atoms with Gasteiger partial charge >= 0.3 is 0 Å². The normalized spacial score (nSPS) is 24.5. The lowest BCUT2D eigenvalue weighted by Crippen LogP contribution is -2.46. The fourth-order valence-corrected chi connectivity index (χ4v) is 4.70. The van der Waals surface area contributed by atoms with Crippen molar-refractivity contribution in [2.75, 3.05) is 25.6 Å². The van der Waals surface area contributed by atoms with Crippen molar-refractivity contribution < 1.29 is 9.53 Å². The van der Waals surface area contributed by atoms with Gasteiger partial charge in [0.05, 0.1) is 22.8 Å². The Bertz CT molecular complexity index is 957. The number of alkyl halides is 1. The smallest absolute Gasteiger partial charge is 0.252 e. The highest BCUT2D eigenvalue weighted by molar-refractivity contribution is 6.23. The summed E-state index contributed by atoms with van der Waals surface area (Å²) >= 11 is 6.71. The monoisotopic (exact) mass is 443 g/mol. The third kappa shape index (κ3) is 4.84. The van der Waals surface area contributed by atoms with E-state index >= 15 is 0 Å². The molecule has 8 heteroatoms. The Morgan fingerprint density at radius 1 is 1.26 bits per heavy atom. The quantitative estimate of drug-likeness (QED) is 0.344. The number of carbonyl (C=O) groups excluding carboxylic acids is 1. The molecule has 1 fully saturated rings. The Balaban J connectivity index is 1.43. The minimum atomic E-state index is -0.385. The van der Waals surface area contributed by atoms with Crippen LogP contribution in [0.1, 0.15) is 55.5 Å². The van der Waals surface area contributed by atoms with E-state index in [1.165, 1.54) is 0 Å². The molecule has 0 atom stereocenters. The Morgan fingerprint density at radius 2 is 2.03 bits per heavy atom. The Morgan fingerprint density at radius 3 is 2.77 bits per heavy atom. The molecule has 0 radical (unpaired) electrons. The number of nitrogens with one attached hydrogen (secondary N) is 3. The summed E-state index contributed by atoms with van der Waals surface area (Å²) in [5.41, 5.74) is 3.14. The Hall–Kier alpha value is -2.22. The van der Waals surface area contributed by atoms with Crippen molar-refractivity contribution in [1.82, 2.24) is 20.6 Å². The standard InChI is InChI=1S/C23H30ClN5O2/c1-22(2)18-14-15(4-5-17(18)20(30)29-22)19-8-11-25-21(28-19)27-16-6-9-23(24,10-7-16)26-12-13-31-3/h4-5,8,11,14,16,26H,6-7,9-10,12-13H2,1-3H3,(H,29,30)(H,25,27,28). The number of hydrogen-bond acceptors (Lipinski definition) is 6. The lowest BCUT2D eigenvalue weighted by Gasteiger charge is -2.36. The molecule has 2 aromatic rings. The number of aromatic nitrogens is 2. The van der Waals surface area contributed by atoms with Crippen LogP contribution in [-0.2, 0) is 10.3 Å². The molecule has 1 aromatic heterocycles. The van der Waals surface area contributed by atoms with Crippen LogP contribution < -0.4 is 16.0 Å². The highest BCUT2D eigenvalue weighted by Gasteiger charge is 2.35. The second-order valence-corrected chi connectivity index (χ2v) is 9.63. The van der Waals surface area contributed by atoms with Gasteiger partial charge in [-0.1, -0.05) is 6.07 Å². The molecule has 3 N–H and O–H groups in total. The van der Waals surface area contributed by atoms with Gasteiger partial charge in [-0.2, -0.15) is 0 Å².